The van der Waals surface area contributed by atoms with Gasteiger partial charge in [-0.25, -0.2) is 9.18 Å². The summed E-state index contributed by atoms with van der Waals surface area (Å²) in [6, 6.07) is 4.50. The minimum Gasteiger partial charge on any atom is -0.478 e. The first-order chi connectivity index (χ1) is 9.09. The molecule has 19 heavy (non-hydrogen) atoms. The molecule has 1 aromatic carbocycles. The van der Waals surface area contributed by atoms with Gasteiger partial charge in [0.2, 0.25) is 0 Å². The van der Waals surface area contributed by atoms with Gasteiger partial charge in [0.25, 0.3) is 0 Å². The van der Waals surface area contributed by atoms with Crippen LogP contribution in [0.2, 0.25) is 0 Å². The van der Waals surface area contributed by atoms with E-state index >= 15 is 0 Å². The van der Waals surface area contributed by atoms with Gasteiger partial charge in [0.1, 0.15) is 5.82 Å². The van der Waals surface area contributed by atoms with Gasteiger partial charge < -0.3 is 10.0 Å². The van der Waals surface area contributed by atoms with E-state index in [0.717, 1.165) is 18.9 Å². The molecule has 0 unspecified atom stereocenters. The second-order valence-electron chi connectivity index (χ2n) is 5.23. The van der Waals surface area contributed by atoms with Crippen molar-refractivity contribution in [2.75, 3.05) is 11.9 Å². The van der Waals surface area contributed by atoms with Crippen LogP contribution in [0.5, 0.6) is 0 Å². The van der Waals surface area contributed by atoms with Crippen molar-refractivity contribution < 1.29 is 14.3 Å². The summed E-state index contributed by atoms with van der Waals surface area (Å²) in [4.78, 5) is 12.8. The lowest BCUT2D eigenvalue weighted by molar-refractivity contribution is 0.0696. The zero-order chi connectivity index (χ0) is 13.8. The Morgan fingerprint density at radius 1 is 1.26 bits per heavy atom. The molecule has 1 aliphatic rings. The fourth-order valence-electron chi connectivity index (χ4n) is 2.77. The summed E-state index contributed by atoms with van der Waals surface area (Å²) in [5.74, 6) is -1.55. The van der Waals surface area contributed by atoms with Crippen LogP contribution in [-0.4, -0.2) is 24.2 Å². The summed E-state index contributed by atoms with van der Waals surface area (Å²) in [5, 5.41) is 8.84. The quantitative estimate of drug-likeness (QED) is 0.847. The van der Waals surface area contributed by atoms with Crippen molar-refractivity contribution in [2.45, 2.75) is 44.6 Å². The number of aromatic carboxylic acids is 1. The van der Waals surface area contributed by atoms with Gasteiger partial charge in [-0.3, -0.25) is 0 Å². The summed E-state index contributed by atoms with van der Waals surface area (Å²) in [5.41, 5.74) is 0.493. The highest BCUT2D eigenvalue weighted by atomic mass is 19.1. The molecule has 0 heterocycles. The maximum Gasteiger partial charge on any atom is 0.335 e. The molecule has 3 nitrogen and oxygen atoms in total. The van der Waals surface area contributed by atoms with Crippen LogP contribution in [0.3, 0.4) is 0 Å². The molecule has 1 fully saturated rings. The molecule has 4 heteroatoms. The van der Waals surface area contributed by atoms with Crippen LogP contribution in [0, 0.1) is 5.82 Å². The van der Waals surface area contributed by atoms with Crippen molar-refractivity contribution in [1.29, 1.82) is 0 Å². The fourth-order valence-corrected chi connectivity index (χ4v) is 2.77. The lowest BCUT2D eigenvalue weighted by atomic mass is 10.1. The number of nitrogens with zero attached hydrogens (tertiary/aromatic N) is 1. The molecule has 1 saturated carbocycles. The number of carboxylic acids is 1. The van der Waals surface area contributed by atoms with Crippen molar-refractivity contribution in [1.82, 2.24) is 0 Å². The van der Waals surface area contributed by atoms with Crippen molar-refractivity contribution >= 4 is 11.7 Å². The van der Waals surface area contributed by atoms with Gasteiger partial charge in [-0.15, -0.1) is 0 Å². The summed E-state index contributed by atoms with van der Waals surface area (Å²) < 4.78 is 14.0. The third-order valence-corrected chi connectivity index (χ3v) is 3.95. The molecule has 0 spiro atoms. The van der Waals surface area contributed by atoms with Gasteiger partial charge in [-0.2, -0.15) is 0 Å². The fraction of sp³-hybridized carbons (Fsp3) is 0.533. The smallest absolute Gasteiger partial charge is 0.335 e. The second-order valence-corrected chi connectivity index (χ2v) is 5.23. The number of hydrogen-bond acceptors (Lipinski definition) is 2. The van der Waals surface area contributed by atoms with Crippen molar-refractivity contribution in [2.24, 2.45) is 0 Å². The van der Waals surface area contributed by atoms with E-state index in [1.54, 1.807) is 6.07 Å². The minimum atomic E-state index is -1.09. The van der Waals surface area contributed by atoms with Crippen LogP contribution in [0.4, 0.5) is 10.1 Å². The van der Waals surface area contributed by atoms with Crippen molar-refractivity contribution in [3.63, 3.8) is 0 Å². The van der Waals surface area contributed by atoms with Gasteiger partial charge in [0, 0.05) is 13.1 Å². The Bertz CT molecular complexity index is 453. The first-order valence-electron chi connectivity index (χ1n) is 6.85. The van der Waals surface area contributed by atoms with Crippen molar-refractivity contribution in [3.8, 4) is 0 Å². The third kappa shape index (κ3) is 3.25. The standard InChI is InChI=1S/C15H20FNO2/c1-17(12-6-4-2-3-5-7-12)14-9-8-11(15(18)19)10-13(14)16/h8-10,12H,2-7H2,1H3,(H,18,19). The van der Waals surface area contributed by atoms with Crippen LogP contribution >= 0.6 is 0 Å². The molecule has 0 radical (unpaired) electrons. The molecule has 0 saturated heterocycles. The first kappa shape index (κ1) is 13.8. The zero-order valence-electron chi connectivity index (χ0n) is 11.2. The van der Waals surface area contributed by atoms with Crippen LogP contribution in [0.1, 0.15) is 48.9 Å². The molecule has 104 valence electrons. The Hall–Kier alpha value is -1.58. The Balaban J connectivity index is 2.18. The number of carbonyl (C=O) groups is 1. The second kappa shape index (κ2) is 6.04. The van der Waals surface area contributed by atoms with Gasteiger partial charge in [-0.1, -0.05) is 25.7 Å². The Morgan fingerprint density at radius 2 is 1.89 bits per heavy atom. The zero-order valence-corrected chi connectivity index (χ0v) is 11.2. The van der Waals surface area contributed by atoms with E-state index in [4.69, 9.17) is 5.11 Å². The molecule has 0 atom stereocenters. The molecule has 0 amide bonds. The van der Waals surface area contributed by atoms with Crippen LogP contribution in [0.15, 0.2) is 18.2 Å². The minimum absolute atomic E-state index is 0.00415. The monoisotopic (exact) mass is 265 g/mol. The summed E-state index contributed by atoms with van der Waals surface area (Å²) in [6.07, 6.45) is 7.04. The lowest BCUT2D eigenvalue weighted by Gasteiger charge is -2.29. The summed E-state index contributed by atoms with van der Waals surface area (Å²) in [7, 11) is 1.90. The van der Waals surface area contributed by atoms with Crippen LogP contribution in [0.25, 0.3) is 0 Å². The summed E-state index contributed by atoms with van der Waals surface area (Å²) in [6.45, 7) is 0. The Kier molecular flexibility index (Phi) is 4.40. The molecule has 1 aromatic rings. The van der Waals surface area contributed by atoms with Crippen LogP contribution in [-0.2, 0) is 0 Å². The van der Waals surface area contributed by atoms with E-state index in [1.165, 1.54) is 31.7 Å². The maximum atomic E-state index is 14.0. The number of halogens is 1. The predicted molar refractivity (Wildman–Crippen MR) is 73.3 cm³/mol. The van der Waals surface area contributed by atoms with E-state index in [0.29, 0.717) is 11.7 Å². The van der Waals surface area contributed by atoms with Gasteiger partial charge >= 0.3 is 5.97 Å². The molecule has 1 aliphatic carbocycles. The molecule has 0 bridgehead atoms. The third-order valence-electron chi connectivity index (χ3n) is 3.95. The van der Waals surface area contributed by atoms with Gasteiger partial charge in [-0.05, 0) is 31.0 Å². The number of hydrogen-bond donors (Lipinski definition) is 1. The molecule has 0 aromatic heterocycles. The Morgan fingerprint density at radius 3 is 2.42 bits per heavy atom. The average Bonchev–Trinajstić information content (AvgIpc) is 2.66. The highest BCUT2D eigenvalue weighted by Crippen LogP contribution is 2.27. The van der Waals surface area contributed by atoms with E-state index < -0.39 is 11.8 Å². The number of benzene rings is 1. The van der Waals surface area contributed by atoms with E-state index in [1.807, 2.05) is 11.9 Å². The largest absolute Gasteiger partial charge is 0.478 e. The molecule has 1 N–H and O–H groups in total. The topological polar surface area (TPSA) is 40.5 Å². The SMILES string of the molecule is CN(c1ccc(C(=O)O)cc1F)C1CCCCCC1. The van der Waals surface area contributed by atoms with E-state index in [2.05, 4.69) is 0 Å². The van der Waals surface area contributed by atoms with E-state index in [9.17, 15) is 9.18 Å². The number of anilines is 1. The van der Waals surface area contributed by atoms with Gasteiger partial charge in [0.05, 0.1) is 11.3 Å². The maximum absolute atomic E-state index is 14.0. The predicted octanol–water partition coefficient (Wildman–Crippen LogP) is 3.68. The lowest BCUT2D eigenvalue weighted by Crippen LogP contribution is -2.31. The first-order valence-corrected chi connectivity index (χ1v) is 6.85. The molecular formula is C15H20FNO2. The molecular weight excluding hydrogens is 245 g/mol. The number of carboxylic acid groups (broad SMARTS) is 1. The summed E-state index contributed by atoms with van der Waals surface area (Å²) >= 11 is 0. The van der Waals surface area contributed by atoms with E-state index in [-0.39, 0.29) is 5.56 Å². The average molecular weight is 265 g/mol. The molecule has 0 aliphatic heterocycles. The van der Waals surface area contributed by atoms with Crippen molar-refractivity contribution in [3.05, 3.63) is 29.6 Å². The molecule has 2 rings (SSSR count). The normalized spacial score (nSPS) is 16.9. The van der Waals surface area contributed by atoms with Crippen LogP contribution < -0.4 is 4.90 Å². The highest BCUT2D eigenvalue weighted by molar-refractivity contribution is 5.88. The highest BCUT2D eigenvalue weighted by Gasteiger charge is 2.20. The van der Waals surface area contributed by atoms with Gasteiger partial charge in [0.15, 0.2) is 0 Å². The Labute approximate surface area is 113 Å². The number of rotatable bonds is 3.